The van der Waals surface area contributed by atoms with Gasteiger partial charge in [-0.2, -0.15) is 0 Å². The van der Waals surface area contributed by atoms with Gasteiger partial charge in [0.2, 0.25) is 0 Å². The molecule has 0 saturated carbocycles. The zero-order valence-corrected chi connectivity index (χ0v) is 8.67. The van der Waals surface area contributed by atoms with Crippen LogP contribution in [0.4, 0.5) is 5.82 Å². The summed E-state index contributed by atoms with van der Waals surface area (Å²) in [5.41, 5.74) is 0.226. The van der Waals surface area contributed by atoms with Crippen molar-refractivity contribution in [2.45, 2.75) is 18.6 Å². The van der Waals surface area contributed by atoms with Gasteiger partial charge >= 0.3 is 5.97 Å². The number of hydrogen-bond acceptors (Lipinski definition) is 4. The third-order valence-electron chi connectivity index (χ3n) is 3.19. The minimum Gasteiger partial charge on any atom is -0.478 e. The van der Waals surface area contributed by atoms with Gasteiger partial charge in [0.05, 0.1) is 24.3 Å². The molecule has 0 amide bonds. The molecule has 84 valence electrons. The van der Waals surface area contributed by atoms with E-state index in [1.54, 1.807) is 12.1 Å². The van der Waals surface area contributed by atoms with Crippen LogP contribution in [0.1, 0.15) is 16.8 Å². The number of carboxylic acids is 1. The largest absolute Gasteiger partial charge is 0.478 e. The van der Waals surface area contributed by atoms with Crippen LogP contribution in [0.3, 0.4) is 0 Å². The number of morpholine rings is 1. The van der Waals surface area contributed by atoms with E-state index in [0.29, 0.717) is 12.1 Å². The Morgan fingerprint density at radius 2 is 2.44 bits per heavy atom. The highest BCUT2D eigenvalue weighted by Gasteiger charge is 2.39. The fourth-order valence-corrected chi connectivity index (χ4v) is 2.36. The molecule has 2 aliphatic heterocycles. The van der Waals surface area contributed by atoms with Crippen LogP contribution in [-0.2, 0) is 4.74 Å². The quantitative estimate of drug-likeness (QED) is 0.797. The van der Waals surface area contributed by atoms with E-state index in [4.69, 9.17) is 9.84 Å². The second-order valence-electron chi connectivity index (χ2n) is 4.21. The normalized spacial score (nSPS) is 27.4. The number of ether oxygens (including phenoxy) is 1. The van der Waals surface area contributed by atoms with Crippen LogP contribution in [0.5, 0.6) is 0 Å². The Balaban J connectivity index is 1.82. The van der Waals surface area contributed by atoms with Crippen LogP contribution in [0.2, 0.25) is 0 Å². The molecule has 5 heteroatoms. The van der Waals surface area contributed by atoms with Crippen molar-refractivity contribution in [2.24, 2.45) is 0 Å². The predicted octanol–water partition coefficient (Wildman–Crippen LogP) is 0.757. The molecule has 2 bridgehead atoms. The van der Waals surface area contributed by atoms with Crippen molar-refractivity contribution in [3.8, 4) is 0 Å². The summed E-state index contributed by atoms with van der Waals surface area (Å²) < 4.78 is 5.50. The molecule has 2 aliphatic rings. The van der Waals surface area contributed by atoms with Crippen molar-refractivity contribution in [1.82, 2.24) is 4.98 Å². The van der Waals surface area contributed by atoms with Gasteiger partial charge < -0.3 is 14.7 Å². The van der Waals surface area contributed by atoms with Crippen LogP contribution >= 0.6 is 0 Å². The van der Waals surface area contributed by atoms with Crippen LogP contribution in [0, 0.1) is 0 Å². The fourth-order valence-electron chi connectivity index (χ4n) is 2.36. The lowest BCUT2D eigenvalue weighted by atomic mass is 10.2. The Hall–Kier alpha value is -1.62. The zero-order valence-electron chi connectivity index (χ0n) is 8.67. The Kier molecular flexibility index (Phi) is 2.07. The van der Waals surface area contributed by atoms with Crippen molar-refractivity contribution in [1.29, 1.82) is 0 Å². The van der Waals surface area contributed by atoms with Gasteiger partial charge in [0.15, 0.2) is 0 Å². The monoisotopic (exact) mass is 220 g/mol. The van der Waals surface area contributed by atoms with E-state index in [1.165, 1.54) is 6.20 Å². The van der Waals surface area contributed by atoms with Crippen LogP contribution in [0.15, 0.2) is 18.3 Å². The van der Waals surface area contributed by atoms with Gasteiger partial charge in [-0.1, -0.05) is 0 Å². The van der Waals surface area contributed by atoms with E-state index in [2.05, 4.69) is 9.88 Å². The summed E-state index contributed by atoms with van der Waals surface area (Å²) in [6.45, 7) is 1.62. The average Bonchev–Trinajstić information content (AvgIpc) is 2.91. The van der Waals surface area contributed by atoms with Crippen molar-refractivity contribution in [3.63, 3.8) is 0 Å². The maximum absolute atomic E-state index is 10.7. The zero-order chi connectivity index (χ0) is 11.1. The van der Waals surface area contributed by atoms with Crippen LogP contribution < -0.4 is 4.90 Å². The summed E-state index contributed by atoms with van der Waals surface area (Å²) in [6, 6.07) is 3.77. The number of anilines is 1. The van der Waals surface area contributed by atoms with E-state index >= 15 is 0 Å². The maximum atomic E-state index is 10.7. The maximum Gasteiger partial charge on any atom is 0.337 e. The minimum absolute atomic E-state index is 0.226. The summed E-state index contributed by atoms with van der Waals surface area (Å²) in [6.07, 6.45) is 2.79. The predicted molar refractivity (Wildman–Crippen MR) is 56.7 cm³/mol. The molecule has 3 heterocycles. The number of aromatic carboxylic acids is 1. The molecule has 1 aromatic rings. The second kappa shape index (κ2) is 3.45. The van der Waals surface area contributed by atoms with Crippen LogP contribution in [0.25, 0.3) is 0 Å². The summed E-state index contributed by atoms with van der Waals surface area (Å²) >= 11 is 0. The van der Waals surface area contributed by atoms with Gasteiger partial charge in [0.1, 0.15) is 5.82 Å². The Morgan fingerprint density at radius 1 is 1.56 bits per heavy atom. The lowest BCUT2D eigenvalue weighted by molar-refractivity contribution is 0.0696. The molecule has 0 radical (unpaired) electrons. The molecule has 0 aliphatic carbocycles. The highest BCUT2D eigenvalue weighted by atomic mass is 16.5. The first-order chi connectivity index (χ1) is 7.74. The number of rotatable bonds is 2. The topological polar surface area (TPSA) is 62.7 Å². The lowest BCUT2D eigenvalue weighted by Crippen LogP contribution is -2.37. The smallest absolute Gasteiger partial charge is 0.337 e. The number of hydrogen-bond donors (Lipinski definition) is 1. The molecular weight excluding hydrogens is 208 g/mol. The standard InChI is InChI=1S/C11H12N2O3/c14-11(15)7-1-2-10(12-4-7)13-5-9-3-8(13)6-16-9/h1-2,4,8-9H,3,5-6H2,(H,14,15)/t8-,9+/m0/s1. The minimum atomic E-state index is -0.940. The SMILES string of the molecule is O=C(O)c1ccc(N2C[C@H]3C[C@H]2CO3)nc1. The number of pyridine rings is 1. The van der Waals surface area contributed by atoms with Gasteiger partial charge in [-0.3, -0.25) is 0 Å². The molecule has 1 aromatic heterocycles. The van der Waals surface area contributed by atoms with Crippen molar-refractivity contribution in [2.75, 3.05) is 18.1 Å². The van der Waals surface area contributed by atoms with Crippen molar-refractivity contribution < 1.29 is 14.6 Å². The van der Waals surface area contributed by atoms with Crippen LogP contribution in [-0.4, -0.2) is 41.4 Å². The molecule has 2 atom stereocenters. The lowest BCUT2D eigenvalue weighted by Gasteiger charge is -2.27. The van der Waals surface area contributed by atoms with E-state index in [-0.39, 0.29) is 5.56 Å². The summed E-state index contributed by atoms with van der Waals surface area (Å²) in [5, 5.41) is 8.77. The molecule has 0 spiro atoms. The molecule has 0 unspecified atom stereocenters. The first-order valence-electron chi connectivity index (χ1n) is 5.31. The second-order valence-corrected chi connectivity index (χ2v) is 4.21. The molecule has 1 N–H and O–H groups in total. The molecule has 0 aromatic carbocycles. The molecule has 2 fully saturated rings. The first kappa shape index (κ1) is 9.59. The third kappa shape index (κ3) is 1.44. The van der Waals surface area contributed by atoms with Crippen molar-refractivity contribution in [3.05, 3.63) is 23.9 Å². The summed E-state index contributed by atoms with van der Waals surface area (Å²) in [4.78, 5) is 17.1. The van der Waals surface area contributed by atoms with E-state index < -0.39 is 5.97 Å². The molecule has 16 heavy (non-hydrogen) atoms. The molecule has 5 nitrogen and oxygen atoms in total. The van der Waals surface area contributed by atoms with Gasteiger partial charge in [0, 0.05) is 12.7 Å². The number of fused-ring (bicyclic) bond motifs is 2. The highest BCUT2D eigenvalue weighted by molar-refractivity contribution is 5.87. The highest BCUT2D eigenvalue weighted by Crippen LogP contribution is 2.31. The third-order valence-corrected chi connectivity index (χ3v) is 3.19. The summed E-state index contributed by atoms with van der Waals surface area (Å²) in [7, 11) is 0. The number of nitrogens with zero attached hydrogens (tertiary/aromatic N) is 2. The Bertz CT molecular complexity index is 418. The van der Waals surface area contributed by atoms with Gasteiger partial charge in [-0.25, -0.2) is 9.78 Å². The van der Waals surface area contributed by atoms with E-state index in [0.717, 1.165) is 25.4 Å². The van der Waals surface area contributed by atoms with E-state index in [9.17, 15) is 4.79 Å². The fraction of sp³-hybridized carbons (Fsp3) is 0.455. The van der Waals surface area contributed by atoms with Crippen molar-refractivity contribution >= 4 is 11.8 Å². The molecular formula is C11H12N2O3. The van der Waals surface area contributed by atoms with E-state index in [1.807, 2.05) is 0 Å². The number of carbonyl (C=O) groups is 1. The Labute approximate surface area is 92.7 Å². The first-order valence-corrected chi connectivity index (χ1v) is 5.31. The van der Waals surface area contributed by atoms with Gasteiger partial charge in [-0.15, -0.1) is 0 Å². The summed E-state index contributed by atoms with van der Waals surface area (Å²) in [5.74, 6) is -0.0916. The van der Waals surface area contributed by atoms with Gasteiger partial charge in [0.25, 0.3) is 0 Å². The molecule has 2 saturated heterocycles. The number of carboxylic acid groups (broad SMARTS) is 1. The van der Waals surface area contributed by atoms with Gasteiger partial charge in [-0.05, 0) is 18.6 Å². The molecule has 3 rings (SSSR count). The average molecular weight is 220 g/mol. The number of aromatic nitrogens is 1. The Morgan fingerprint density at radius 3 is 2.94 bits per heavy atom.